The van der Waals surface area contributed by atoms with Crippen LogP contribution in [0.25, 0.3) is 0 Å². The molecule has 0 aliphatic heterocycles. The van der Waals surface area contributed by atoms with Crippen molar-refractivity contribution >= 4 is 17.7 Å². The molecule has 5 N–H and O–H groups in total. The highest BCUT2D eigenvalue weighted by Gasteiger charge is 2.31. The Kier molecular flexibility index (Phi) is 7.35. The van der Waals surface area contributed by atoms with Crippen LogP contribution in [0.1, 0.15) is 55.3 Å². The maximum atomic E-state index is 12.3. The number of carbonyl (C=O) groups excluding carboxylic acids is 1. The Labute approximate surface area is 172 Å². The first kappa shape index (κ1) is 22.5. The molecule has 1 aromatic heterocycles. The molecule has 1 aromatic rings. The molecule has 2 aliphatic carbocycles. The van der Waals surface area contributed by atoms with E-state index in [1.807, 2.05) is 0 Å². The molecule has 0 aromatic carbocycles. The summed E-state index contributed by atoms with van der Waals surface area (Å²) < 4.78 is 41.8. The minimum absolute atomic E-state index is 0.000291. The standard InChI is InChI=1S/C19H28F3N5O3/c20-19(21,22)10-30-13-6-4-12(5-7-13)25-18-24-8-14(16(23)29)17(27-18)26-15-3-1-2-11(15)9-28/h8,11-13,15,28H,1-7,9-10H2,(H2,23,29)(H2,24,25,26,27)/t11-,12?,13?,15+/m0/s1. The number of hydrogen-bond acceptors (Lipinski definition) is 7. The Morgan fingerprint density at radius 3 is 2.57 bits per heavy atom. The quantitative estimate of drug-likeness (QED) is 0.499. The molecule has 8 nitrogen and oxygen atoms in total. The van der Waals surface area contributed by atoms with Crippen LogP contribution in [0.15, 0.2) is 6.20 Å². The number of primary amides is 1. The number of nitrogens with zero attached hydrogens (tertiary/aromatic N) is 2. The van der Waals surface area contributed by atoms with Gasteiger partial charge in [0.2, 0.25) is 5.95 Å². The fourth-order valence-corrected chi connectivity index (χ4v) is 4.13. The summed E-state index contributed by atoms with van der Waals surface area (Å²) >= 11 is 0. The lowest BCUT2D eigenvalue weighted by Gasteiger charge is -2.29. The Morgan fingerprint density at radius 2 is 1.93 bits per heavy atom. The topological polar surface area (TPSA) is 122 Å². The third-order valence-electron chi connectivity index (χ3n) is 5.76. The van der Waals surface area contributed by atoms with Gasteiger partial charge in [-0.3, -0.25) is 4.79 Å². The molecule has 2 fully saturated rings. The van der Waals surface area contributed by atoms with Crippen LogP contribution in [-0.2, 0) is 4.74 Å². The zero-order valence-corrected chi connectivity index (χ0v) is 16.6. The second kappa shape index (κ2) is 9.78. The molecule has 3 rings (SSSR count). The van der Waals surface area contributed by atoms with Crippen LogP contribution >= 0.6 is 0 Å². The molecule has 2 atom stereocenters. The number of aliphatic hydroxyl groups excluding tert-OH is 1. The van der Waals surface area contributed by atoms with Crippen LogP contribution in [-0.4, -0.2) is 58.6 Å². The average molecular weight is 431 g/mol. The molecule has 0 radical (unpaired) electrons. The molecule has 2 saturated carbocycles. The van der Waals surface area contributed by atoms with E-state index in [0.717, 1.165) is 19.3 Å². The number of ether oxygens (including phenoxy) is 1. The van der Waals surface area contributed by atoms with E-state index in [-0.39, 0.29) is 30.2 Å². The fourth-order valence-electron chi connectivity index (χ4n) is 4.13. The summed E-state index contributed by atoms with van der Waals surface area (Å²) in [6, 6.07) is -0.00300. The SMILES string of the molecule is NC(=O)c1cnc(NC2CCC(OCC(F)(F)F)CC2)nc1N[C@@H]1CCC[C@H]1CO. The highest BCUT2D eigenvalue weighted by molar-refractivity contribution is 5.97. The minimum Gasteiger partial charge on any atom is -0.396 e. The van der Waals surface area contributed by atoms with Crippen LogP contribution in [0.2, 0.25) is 0 Å². The smallest absolute Gasteiger partial charge is 0.396 e. The second-order valence-corrected chi connectivity index (χ2v) is 7.99. The van der Waals surface area contributed by atoms with E-state index in [4.69, 9.17) is 10.5 Å². The number of anilines is 2. The molecule has 11 heteroatoms. The maximum absolute atomic E-state index is 12.3. The predicted molar refractivity (Wildman–Crippen MR) is 104 cm³/mol. The van der Waals surface area contributed by atoms with Gasteiger partial charge in [-0.1, -0.05) is 6.42 Å². The van der Waals surface area contributed by atoms with E-state index in [2.05, 4.69) is 20.6 Å². The van der Waals surface area contributed by atoms with Gasteiger partial charge < -0.3 is 26.2 Å². The number of aromatic nitrogens is 2. The first-order chi connectivity index (χ1) is 14.2. The van der Waals surface area contributed by atoms with Crippen LogP contribution in [0, 0.1) is 5.92 Å². The summed E-state index contributed by atoms with van der Waals surface area (Å²) in [5.74, 6) is 0.0854. The first-order valence-corrected chi connectivity index (χ1v) is 10.2. The molecule has 168 valence electrons. The molecule has 0 unspecified atom stereocenters. The van der Waals surface area contributed by atoms with Crippen molar-refractivity contribution in [3.63, 3.8) is 0 Å². The van der Waals surface area contributed by atoms with Gasteiger partial charge in [0.15, 0.2) is 0 Å². The molecule has 0 bridgehead atoms. The van der Waals surface area contributed by atoms with Gasteiger partial charge in [0.25, 0.3) is 5.91 Å². The van der Waals surface area contributed by atoms with Gasteiger partial charge >= 0.3 is 6.18 Å². The van der Waals surface area contributed by atoms with Gasteiger partial charge in [-0.05, 0) is 38.5 Å². The molecular formula is C19H28F3N5O3. The summed E-state index contributed by atoms with van der Waals surface area (Å²) in [4.78, 5) is 20.3. The highest BCUT2D eigenvalue weighted by Crippen LogP contribution is 2.30. The number of amides is 1. The van der Waals surface area contributed by atoms with Crippen LogP contribution < -0.4 is 16.4 Å². The van der Waals surface area contributed by atoms with Crippen molar-refractivity contribution in [1.29, 1.82) is 0 Å². The summed E-state index contributed by atoms with van der Waals surface area (Å²) in [6.07, 6.45) is 1.65. The number of alkyl halides is 3. The highest BCUT2D eigenvalue weighted by atomic mass is 19.4. The summed E-state index contributed by atoms with van der Waals surface area (Å²) in [6.45, 7) is -1.17. The fraction of sp³-hybridized carbons (Fsp3) is 0.737. The predicted octanol–water partition coefficient (Wildman–Crippen LogP) is 2.45. The minimum atomic E-state index is -4.32. The van der Waals surface area contributed by atoms with Crippen molar-refractivity contribution in [1.82, 2.24) is 9.97 Å². The molecular weight excluding hydrogens is 403 g/mol. The number of hydrogen-bond donors (Lipinski definition) is 4. The van der Waals surface area contributed by atoms with Crippen LogP contribution in [0.4, 0.5) is 24.9 Å². The molecule has 1 amide bonds. The largest absolute Gasteiger partial charge is 0.411 e. The van der Waals surface area contributed by atoms with Crippen molar-refractivity contribution in [2.45, 2.75) is 69.3 Å². The van der Waals surface area contributed by atoms with E-state index < -0.39 is 24.8 Å². The number of carbonyl (C=O) groups is 1. The van der Waals surface area contributed by atoms with Gasteiger partial charge in [0.05, 0.1) is 11.7 Å². The van der Waals surface area contributed by atoms with E-state index in [0.29, 0.717) is 37.4 Å². The monoisotopic (exact) mass is 431 g/mol. The third-order valence-corrected chi connectivity index (χ3v) is 5.76. The van der Waals surface area contributed by atoms with Gasteiger partial charge in [-0.25, -0.2) is 4.98 Å². The maximum Gasteiger partial charge on any atom is 0.411 e. The van der Waals surface area contributed by atoms with E-state index in [1.54, 1.807) is 0 Å². The number of nitrogens with two attached hydrogens (primary N) is 1. The molecule has 1 heterocycles. The lowest BCUT2D eigenvalue weighted by molar-refractivity contribution is -0.187. The molecule has 2 aliphatic rings. The van der Waals surface area contributed by atoms with Gasteiger partial charge in [-0.2, -0.15) is 18.2 Å². The number of aliphatic hydroxyl groups is 1. The summed E-state index contributed by atoms with van der Waals surface area (Å²) in [7, 11) is 0. The van der Waals surface area contributed by atoms with E-state index in [1.165, 1.54) is 6.20 Å². The zero-order valence-electron chi connectivity index (χ0n) is 16.6. The second-order valence-electron chi connectivity index (χ2n) is 7.99. The van der Waals surface area contributed by atoms with E-state index >= 15 is 0 Å². The van der Waals surface area contributed by atoms with E-state index in [9.17, 15) is 23.1 Å². The number of nitrogens with one attached hydrogen (secondary N) is 2. The van der Waals surface area contributed by atoms with Gasteiger partial charge in [0, 0.05) is 30.8 Å². The van der Waals surface area contributed by atoms with Crippen LogP contribution in [0.3, 0.4) is 0 Å². The first-order valence-electron chi connectivity index (χ1n) is 10.2. The normalized spacial score (nSPS) is 27.1. The summed E-state index contributed by atoms with van der Waals surface area (Å²) in [5.41, 5.74) is 5.62. The Morgan fingerprint density at radius 1 is 1.20 bits per heavy atom. The van der Waals surface area contributed by atoms with Crippen LogP contribution in [0.5, 0.6) is 0 Å². The third kappa shape index (κ3) is 6.18. The lowest BCUT2D eigenvalue weighted by Crippen LogP contribution is -2.33. The zero-order chi connectivity index (χ0) is 21.7. The van der Waals surface area contributed by atoms with Crippen molar-refractivity contribution in [3.05, 3.63) is 11.8 Å². The Balaban J connectivity index is 1.59. The van der Waals surface area contributed by atoms with Crippen molar-refractivity contribution in [2.75, 3.05) is 23.8 Å². The average Bonchev–Trinajstić information content (AvgIpc) is 3.14. The Bertz CT molecular complexity index is 726. The Hall–Kier alpha value is -2.14. The molecule has 30 heavy (non-hydrogen) atoms. The van der Waals surface area contributed by atoms with Crippen molar-refractivity contribution < 1.29 is 27.8 Å². The molecule has 0 spiro atoms. The van der Waals surface area contributed by atoms with Crippen molar-refractivity contribution in [3.8, 4) is 0 Å². The van der Waals surface area contributed by atoms with Gasteiger partial charge in [0.1, 0.15) is 12.4 Å². The lowest BCUT2D eigenvalue weighted by atomic mass is 9.93. The number of halogens is 3. The molecule has 0 saturated heterocycles. The van der Waals surface area contributed by atoms with Crippen molar-refractivity contribution in [2.24, 2.45) is 11.7 Å². The summed E-state index contributed by atoms with van der Waals surface area (Å²) in [5, 5.41) is 15.9. The van der Waals surface area contributed by atoms with Gasteiger partial charge in [-0.15, -0.1) is 0 Å². The number of rotatable bonds is 8.